The van der Waals surface area contributed by atoms with Crippen molar-refractivity contribution < 1.29 is 5.11 Å². The number of aliphatic hydroxyl groups is 1. The highest BCUT2D eigenvalue weighted by atomic mass is 16.3. The summed E-state index contributed by atoms with van der Waals surface area (Å²) in [6.07, 6.45) is 5.63. The van der Waals surface area contributed by atoms with Crippen LogP contribution in [0.4, 0.5) is 0 Å². The monoisotopic (exact) mass is 227 g/mol. The fraction of sp³-hybridized carbons (Fsp3) is 1.00. The third kappa shape index (κ3) is 3.74. The Morgan fingerprint density at radius 1 is 1.19 bits per heavy atom. The molecule has 2 nitrogen and oxygen atoms in total. The largest absolute Gasteiger partial charge is 0.389 e. The predicted molar refractivity (Wildman–Crippen MR) is 69.6 cm³/mol. The summed E-state index contributed by atoms with van der Waals surface area (Å²) < 4.78 is 0. The quantitative estimate of drug-likeness (QED) is 0.801. The highest BCUT2D eigenvalue weighted by Gasteiger charge is 2.33. The van der Waals surface area contributed by atoms with Gasteiger partial charge in [-0.05, 0) is 32.2 Å². The average molecular weight is 227 g/mol. The molecule has 1 fully saturated rings. The summed E-state index contributed by atoms with van der Waals surface area (Å²) in [4.78, 5) is 2.32. The van der Waals surface area contributed by atoms with E-state index in [9.17, 15) is 5.11 Å². The van der Waals surface area contributed by atoms with Crippen molar-refractivity contribution in [2.24, 2.45) is 5.41 Å². The van der Waals surface area contributed by atoms with Crippen molar-refractivity contribution in [3.05, 3.63) is 0 Å². The first-order valence-electron chi connectivity index (χ1n) is 6.67. The summed E-state index contributed by atoms with van der Waals surface area (Å²) in [5, 5.41) is 10.5. The van der Waals surface area contributed by atoms with Crippen LogP contribution in [0.2, 0.25) is 0 Å². The Morgan fingerprint density at radius 2 is 1.69 bits per heavy atom. The summed E-state index contributed by atoms with van der Waals surface area (Å²) in [5.41, 5.74) is -0.147. The van der Waals surface area contributed by atoms with E-state index in [0.717, 1.165) is 19.4 Å². The van der Waals surface area contributed by atoms with Crippen LogP contribution in [-0.2, 0) is 0 Å². The molecule has 1 saturated carbocycles. The summed E-state index contributed by atoms with van der Waals surface area (Å²) in [6.45, 7) is 9.87. The molecule has 0 aromatic rings. The molecule has 1 unspecified atom stereocenters. The van der Waals surface area contributed by atoms with Crippen LogP contribution in [0.1, 0.15) is 59.8 Å². The van der Waals surface area contributed by atoms with E-state index in [4.69, 9.17) is 0 Å². The number of likely N-dealkylation sites (N-methyl/N-ethyl adjacent to an activating group) is 1. The van der Waals surface area contributed by atoms with Crippen LogP contribution in [0.15, 0.2) is 0 Å². The molecule has 0 heterocycles. The minimum atomic E-state index is -0.424. The second-order valence-corrected chi connectivity index (χ2v) is 6.74. The third-order valence-corrected chi connectivity index (χ3v) is 4.24. The van der Waals surface area contributed by atoms with Gasteiger partial charge in [0, 0.05) is 12.6 Å². The van der Waals surface area contributed by atoms with Gasteiger partial charge in [0.1, 0.15) is 0 Å². The summed E-state index contributed by atoms with van der Waals surface area (Å²) in [6, 6.07) is 0.499. The van der Waals surface area contributed by atoms with Crippen LogP contribution in [0.5, 0.6) is 0 Å². The van der Waals surface area contributed by atoms with E-state index in [1.165, 1.54) is 19.3 Å². The second-order valence-electron chi connectivity index (χ2n) is 6.74. The van der Waals surface area contributed by atoms with Crippen molar-refractivity contribution in [2.75, 3.05) is 13.6 Å². The lowest BCUT2D eigenvalue weighted by atomic mass is 9.82. The van der Waals surface area contributed by atoms with Gasteiger partial charge < -0.3 is 10.0 Å². The first-order valence-corrected chi connectivity index (χ1v) is 6.67. The first kappa shape index (κ1) is 14.0. The zero-order valence-electron chi connectivity index (χ0n) is 11.7. The van der Waals surface area contributed by atoms with E-state index in [0.29, 0.717) is 6.04 Å². The molecule has 1 rings (SSSR count). The zero-order valence-corrected chi connectivity index (χ0v) is 11.7. The fourth-order valence-corrected chi connectivity index (χ4v) is 2.63. The van der Waals surface area contributed by atoms with Crippen LogP contribution >= 0.6 is 0 Å². The van der Waals surface area contributed by atoms with Crippen LogP contribution in [0.25, 0.3) is 0 Å². The van der Waals surface area contributed by atoms with Gasteiger partial charge in [0.05, 0.1) is 5.60 Å². The molecule has 0 spiro atoms. The topological polar surface area (TPSA) is 23.5 Å². The Bertz CT molecular complexity index is 213. The number of nitrogens with zero attached hydrogens (tertiary/aromatic N) is 1. The minimum Gasteiger partial charge on any atom is -0.389 e. The number of hydrogen-bond acceptors (Lipinski definition) is 2. The molecule has 0 bridgehead atoms. The van der Waals surface area contributed by atoms with Gasteiger partial charge in [0.25, 0.3) is 0 Å². The van der Waals surface area contributed by atoms with Crippen molar-refractivity contribution >= 4 is 0 Å². The molecule has 0 aliphatic heterocycles. The van der Waals surface area contributed by atoms with Crippen LogP contribution in [0, 0.1) is 5.41 Å². The molecule has 0 saturated heterocycles. The molecule has 0 radical (unpaired) electrons. The van der Waals surface area contributed by atoms with E-state index in [2.05, 4.69) is 39.6 Å². The van der Waals surface area contributed by atoms with Crippen LogP contribution in [-0.4, -0.2) is 35.2 Å². The fourth-order valence-electron chi connectivity index (χ4n) is 2.63. The van der Waals surface area contributed by atoms with Gasteiger partial charge in [-0.3, -0.25) is 0 Å². The lowest BCUT2D eigenvalue weighted by Crippen LogP contribution is -2.49. The van der Waals surface area contributed by atoms with Crippen molar-refractivity contribution in [1.82, 2.24) is 4.90 Å². The van der Waals surface area contributed by atoms with Gasteiger partial charge >= 0.3 is 0 Å². The Labute approximate surface area is 101 Å². The maximum Gasteiger partial charge on any atom is 0.0774 e. The van der Waals surface area contributed by atoms with Gasteiger partial charge in [-0.15, -0.1) is 0 Å². The van der Waals surface area contributed by atoms with Crippen LogP contribution < -0.4 is 0 Å². The smallest absolute Gasteiger partial charge is 0.0774 e. The van der Waals surface area contributed by atoms with Gasteiger partial charge in [-0.1, -0.05) is 40.0 Å². The van der Waals surface area contributed by atoms with Crippen molar-refractivity contribution in [1.29, 1.82) is 0 Å². The van der Waals surface area contributed by atoms with E-state index < -0.39 is 5.60 Å². The average Bonchev–Trinajstić information content (AvgIpc) is 2.15. The summed E-state index contributed by atoms with van der Waals surface area (Å²) in [5.74, 6) is 0. The third-order valence-electron chi connectivity index (χ3n) is 4.24. The molecule has 0 aromatic heterocycles. The molecular formula is C14H29NO. The predicted octanol–water partition coefficient (Wildman–Crippen LogP) is 3.05. The zero-order chi connectivity index (χ0) is 12.4. The molecule has 1 aliphatic carbocycles. The minimum absolute atomic E-state index is 0.278. The lowest BCUT2D eigenvalue weighted by Gasteiger charge is -2.41. The lowest BCUT2D eigenvalue weighted by molar-refractivity contribution is -0.0375. The van der Waals surface area contributed by atoms with E-state index in [-0.39, 0.29) is 5.41 Å². The van der Waals surface area contributed by atoms with Gasteiger partial charge in [0.15, 0.2) is 0 Å². The van der Waals surface area contributed by atoms with E-state index in [1.807, 2.05) is 0 Å². The van der Waals surface area contributed by atoms with Crippen molar-refractivity contribution in [3.63, 3.8) is 0 Å². The van der Waals surface area contributed by atoms with Gasteiger partial charge in [-0.2, -0.15) is 0 Å². The Kier molecular flexibility index (Phi) is 4.42. The summed E-state index contributed by atoms with van der Waals surface area (Å²) >= 11 is 0. The molecule has 0 aromatic carbocycles. The first-order chi connectivity index (χ1) is 7.25. The molecule has 1 N–H and O–H groups in total. The maximum absolute atomic E-state index is 10.5. The van der Waals surface area contributed by atoms with Crippen LogP contribution in [0.3, 0.4) is 0 Å². The SMILES string of the molecule is CC(N(C)CC1(O)CCCCC1)C(C)(C)C. The molecular weight excluding hydrogens is 198 g/mol. The standard InChI is InChI=1S/C14H29NO/c1-12(13(2,3)4)15(5)11-14(16)9-7-6-8-10-14/h12,16H,6-11H2,1-5H3. The Morgan fingerprint density at radius 3 is 2.12 bits per heavy atom. The molecule has 1 aliphatic rings. The van der Waals surface area contributed by atoms with E-state index >= 15 is 0 Å². The normalized spacial score (nSPS) is 23.4. The number of hydrogen-bond donors (Lipinski definition) is 1. The maximum atomic E-state index is 10.5. The molecule has 96 valence electrons. The second kappa shape index (κ2) is 5.05. The molecule has 1 atom stereocenters. The summed E-state index contributed by atoms with van der Waals surface area (Å²) in [7, 11) is 2.14. The van der Waals surface area contributed by atoms with Gasteiger partial charge in [0.2, 0.25) is 0 Å². The molecule has 2 heteroatoms. The Balaban J connectivity index is 2.52. The Hall–Kier alpha value is -0.0800. The molecule has 0 amide bonds. The highest BCUT2D eigenvalue weighted by molar-refractivity contribution is 4.88. The van der Waals surface area contributed by atoms with E-state index in [1.54, 1.807) is 0 Å². The highest BCUT2D eigenvalue weighted by Crippen LogP contribution is 2.31. The van der Waals surface area contributed by atoms with Crippen molar-refractivity contribution in [2.45, 2.75) is 71.4 Å². The molecule has 16 heavy (non-hydrogen) atoms. The van der Waals surface area contributed by atoms with Gasteiger partial charge in [-0.25, -0.2) is 0 Å². The van der Waals surface area contributed by atoms with Crippen molar-refractivity contribution in [3.8, 4) is 0 Å². The number of rotatable bonds is 3.